The topological polar surface area (TPSA) is 53.8 Å². The third-order valence-corrected chi connectivity index (χ3v) is 2.91. The van der Waals surface area contributed by atoms with Crippen LogP contribution in [-0.4, -0.2) is 26.5 Å². The van der Waals surface area contributed by atoms with E-state index in [1.54, 1.807) is 0 Å². The number of hydrogen-bond donors (Lipinski definition) is 2. The van der Waals surface area contributed by atoms with E-state index in [1.807, 2.05) is 18.4 Å². The van der Waals surface area contributed by atoms with Crippen molar-refractivity contribution in [3.63, 3.8) is 0 Å². The first kappa shape index (κ1) is 9.86. The highest BCUT2D eigenvalue weighted by molar-refractivity contribution is 7.71. The highest BCUT2D eigenvalue weighted by Crippen LogP contribution is 2.38. The van der Waals surface area contributed by atoms with Gasteiger partial charge < -0.3 is 9.67 Å². The highest BCUT2D eigenvalue weighted by atomic mass is 32.1. The van der Waals surface area contributed by atoms with Crippen LogP contribution < -0.4 is 0 Å². The minimum absolute atomic E-state index is 0.0827. The second-order valence-corrected chi connectivity index (χ2v) is 4.88. The molecule has 1 aromatic rings. The van der Waals surface area contributed by atoms with Gasteiger partial charge in [0.25, 0.3) is 0 Å². The molecule has 5 heteroatoms. The third-order valence-electron chi connectivity index (χ3n) is 2.62. The van der Waals surface area contributed by atoms with Crippen molar-refractivity contribution in [2.75, 3.05) is 6.61 Å². The summed E-state index contributed by atoms with van der Waals surface area (Å²) in [6.07, 6.45) is 2.34. The number of hydrogen-bond acceptors (Lipinski definition) is 3. The van der Waals surface area contributed by atoms with Crippen LogP contribution in [0, 0.1) is 4.77 Å². The number of nitrogens with zero attached hydrogens (tertiary/aromatic N) is 2. The molecule has 2 rings (SSSR count). The van der Waals surface area contributed by atoms with Gasteiger partial charge in [-0.2, -0.15) is 5.10 Å². The van der Waals surface area contributed by atoms with Gasteiger partial charge in [0.1, 0.15) is 5.82 Å². The lowest BCUT2D eigenvalue weighted by Crippen LogP contribution is -2.27. The maximum absolute atomic E-state index is 9.28. The first-order valence-electron chi connectivity index (χ1n) is 4.84. The number of nitrogens with one attached hydrogen (secondary N) is 1. The number of aliphatic hydroxyl groups is 1. The summed E-state index contributed by atoms with van der Waals surface area (Å²) in [5.74, 6) is 0.868. The Balaban J connectivity index is 2.47. The lowest BCUT2D eigenvalue weighted by atomic mass is 9.94. The normalized spacial score (nSPS) is 17.4. The molecule has 1 saturated carbocycles. The largest absolute Gasteiger partial charge is 0.395 e. The minimum atomic E-state index is -0.323. The molecule has 0 radical (unpaired) electrons. The molecule has 0 unspecified atom stereocenters. The predicted molar refractivity (Wildman–Crippen MR) is 55.8 cm³/mol. The quantitative estimate of drug-likeness (QED) is 0.749. The van der Waals surface area contributed by atoms with Gasteiger partial charge in [-0.3, -0.25) is 5.10 Å². The van der Waals surface area contributed by atoms with E-state index in [4.69, 9.17) is 12.2 Å². The molecule has 0 aromatic carbocycles. The van der Waals surface area contributed by atoms with Gasteiger partial charge in [0.2, 0.25) is 0 Å². The first-order chi connectivity index (χ1) is 6.56. The molecule has 0 atom stereocenters. The molecule has 0 bridgehead atoms. The molecule has 0 aliphatic heterocycles. The van der Waals surface area contributed by atoms with Crippen LogP contribution in [0.5, 0.6) is 0 Å². The average Bonchev–Trinajstić information content (AvgIpc) is 2.90. The smallest absolute Gasteiger partial charge is 0.195 e. The fraction of sp³-hybridized carbons (Fsp3) is 0.778. The van der Waals surface area contributed by atoms with E-state index in [9.17, 15) is 5.11 Å². The van der Waals surface area contributed by atoms with Gasteiger partial charge in [0, 0.05) is 11.5 Å². The molecule has 78 valence electrons. The van der Waals surface area contributed by atoms with Crippen molar-refractivity contribution in [2.45, 2.75) is 38.1 Å². The van der Waals surface area contributed by atoms with Gasteiger partial charge in [-0.25, -0.2) is 0 Å². The van der Waals surface area contributed by atoms with Crippen molar-refractivity contribution in [3.05, 3.63) is 10.6 Å². The maximum atomic E-state index is 9.28. The number of aromatic nitrogens is 3. The zero-order chi connectivity index (χ0) is 10.3. The Morgan fingerprint density at radius 3 is 2.79 bits per heavy atom. The average molecular weight is 213 g/mol. The molecule has 4 nitrogen and oxygen atoms in total. The van der Waals surface area contributed by atoms with Crippen LogP contribution in [0.15, 0.2) is 0 Å². The summed E-state index contributed by atoms with van der Waals surface area (Å²) in [5.41, 5.74) is -0.323. The van der Waals surface area contributed by atoms with Crippen molar-refractivity contribution in [1.29, 1.82) is 0 Å². The summed E-state index contributed by atoms with van der Waals surface area (Å²) in [6, 6.07) is 0.502. The van der Waals surface area contributed by atoms with E-state index in [-0.39, 0.29) is 12.0 Å². The van der Waals surface area contributed by atoms with E-state index in [2.05, 4.69) is 10.2 Å². The van der Waals surface area contributed by atoms with Crippen LogP contribution in [0.25, 0.3) is 0 Å². The molecule has 14 heavy (non-hydrogen) atoms. The van der Waals surface area contributed by atoms with E-state index in [0.717, 1.165) is 5.82 Å². The predicted octanol–water partition coefficient (Wildman–Crippen LogP) is 1.55. The van der Waals surface area contributed by atoms with E-state index in [1.165, 1.54) is 12.8 Å². The Morgan fingerprint density at radius 1 is 1.64 bits per heavy atom. The summed E-state index contributed by atoms with van der Waals surface area (Å²) in [4.78, 5) is 0. The first-order valence-corrected chi connectivity index (χ1v) is 5.25. The molecule has 2 N–H and O–H groups in total. The van der Waals surface area contributed by atoms with Crippen LogP contribution in [0.2, 0.25) is 0 Å². The molecule has 1 aromatic heterocycles. The van der Waals surface area contributed by atoms with Crippen LogP contribution in [0.4, 0.5) is 0 Å². The summed E-state index contributed by atoms with van der Waals surface area (Å²) in [7, 11) is 0. The molecule has 1 heterocycles. The summed E-state index contributed by atoms with van der Waals surface area (Å²) in [5, 5.41) is 16.3. The molecule has 0 spiro atoms. The molecule has 1 fully saturated rings. The summed E-state index contributed by atoms with van der Waals surface area (Å²) < 4.78 is 2.72. The maximum Gasteiger partial charge on any atom is 0.195 e. The summed E-state index contributed by atoms with van der Waals surface area (Å²) in [6.45, 7) is 4.02. The number of aromatic amines is 1. The van der Waals surface area contributed by atoms with E-state index >= 15 is 0 Å². The highest BCUT2D eigenvalue weighted by Gasteiger charge is 2.33. The third kappa shape index (κ3) is 1.50. The van der Waals surface area contributed by atoms with Crippen molar-refractivity contribution in [3.8, 4) is 0 Å². The monoisotopic (exact) mass is 213 g/mol. The lowest BCUT2D eigenvalue weighted by molar-refractivity contribution is 0.207. The SMILES string of the molecule is CC(C)(CO)c1n[nH]c(=S)n1C1CC1. The molecule has 0 amide bonds. The Kier molecular flexibility index (Phi) is 2.23. The van der Waals surface area contributed by atoms with Gasteiger partial charge >= 0.3 is 0 Å². The number of rotatable bonds is 3. The zero-order valence-electron chi connectivity index (χ0n) is 8.45. The Morgan fingerprint density at radius 2 is 2.29 bits per heavy atom. The zero-order valence-corrected chi connectivity index (χ0v) is 9.27. The van der Waals surface area contributed by atoms with Gasteiger partial charge in [-0.05, 0) is 25.1 Å². The van der Waals surface area contributed by atoms with Crippen LogP contribution in [0.1, 0.15) is 38.6 Å². The summed E-state index contributed by atoms with van der Waals surface area (Å²) >= 11 is 5.17. The van der Waals surface area contributed by atoms with Gasteiger partial charge in [0.15, 0.2) is 4.77 Å². The number of aliphatic hydroxyl groups excluding tert-OH is 1. The van der Waals surface area contributed by atoms with Gasteiger partial charge in [0.05, 0.1) is 6.61 Å². The van der Waals surface area contributed by atoms with Crippen molar-refractivity contribution in [1.82, 2.24) is 14.8 Å². The second-order valence-electron chi connectivity index (χ2n) is 4.50. The van der Waals surface area contributed by atoms with Crippen LogP contribution in [-0.2, 0) is 5.41 Å². The molecule has 1 aliphatic carbocycles. The van der Waals surface area contributed by atoms with Crippen molar-refractivity contribution in [2.24, 2.45) is 0 Å². The van der Waals surface area contributed by atoms with Crippen molar-refractivity contribution >= 4 is 12.2 Å². The lowest BCUT2D eigenvalue weighted by Gasteiger charge is -2.21. The molecule has 0 saturated heterocycles. The molecular weight excluding hydrogens is 198 g/mol. The second kappa shape index (κ2) is 3.17. The Hall–Kier alpha value is -0.680. The van der Waals surface area contributed by atoms with Crippen LogP contribution in [0.3, 0.4) is 0 Å². The van der Waals surface area contributed by atoms with E-state index < -0.39 is 0 Å². The van der Waals surface area contributed by atoms with Crippen LogP contribution >= 0.6 is 12.2 Å². The van der Waals surface area contributed by atoms with Gasteiger partial charge in [-0.15, -0.1) is 0 Å². The molecular formula is C9H15N3OS. The minimum Gasteiger partial charge on any atom is -0.395 e. The Labute approximate surface area is 88.0 Å². The fourth-order valence-corrected chi connectivity index (χ4v) is 1.81. The Bertz CT molecular complexity index is 389. The fourth-order valence-electron chi connectivity index (χ4n) is 1.52. The van der Waals surface area contributed by atoms with E-state index in [0.29, 0.717) is 10.8 Å². The standard InChI is InChI=1S/C9H15N3OS/c1-9(2,5-13)7-10-11-8(14)12(7)6-3-4-6/h6,13H,3-5H2,1-2H3,(H,11,14). The van der Waals surface area contributed by atoms with Crippen molar-refractivity contribution < 1.29 is 5.11 Å². The molecule has 1 aliphatic rings. The number of H-pyrrole nitrogens is 1. The van der Waals surface area contributed by atoms with Gasteiger partial charge in [-0.1, -0.05) is 13.8 Å².